The van der Waals surface area contributed by atoms with Gasteiger partial charge in [0.2, 0.25) is 0 Å². The van der Waals surface area contributed by atoms with Crippen LogP contribution in [0.5, 0.6) is 5.75 Å². The van der Waals surface area contributed by atoms with E-state index in [0.717, 1.165) is 16.9 Å². The van der Waals surface area contributed by atoms with E-state index in [4.69, 9.17) is 16.3 Å². The summed E-state index contributed by atoms with van der Waals surface area (Å²) in [5.74, 6) is 0.772. The van der Waals surface area contributed by atoms with Gasteiger partial charge in [0, 0.05) is 0 Å². The summed E-state index contributed by atoms with van der Waals surface area (Å²) in [5.41, 5.74) is 2.13. The van der Waals surface area contributed by atoms with Crippen LogP contribution in [0.2, 0.25) is 5.15 Å². The average molecular weight is 234 g/mol. The highest BCUT2D eigenvalue weighted by Gasteiger charge is 2.01. The molecule has 0 saturated carbocycles. The quantitative estimate of drug-likeness (QED) is 0.756. The van der Waals surface area contributed by atoms with Crippen LogP contribution < -0.4 is 4.74 Å². The molecule has 2 rings (SSSR count). The molecule has 3 heteroatoms. The van der Waals surface area contributed by atoms with E-state index in [1.165, 1.54) is 0 Å². The highest BCUT2D eigenvalue weighted by Crippen LogP contribution is 2.20. The van der Waals surface area contributed by atoms with E-state index in [1.54, 1.807) is 12.3 Å². The average Bonchev–Trinajstić information content (AvgIpc) is 2.29. The van der Waals surface area contributed by atoms with Gasteiger partial charge in [0.15, 0.2) is 0 Å². The lowest BCUT2D eigenvalue weighted by Gasteiger charge is -2.08. The lowest BCUT2D eigenvalue weighted by molar-refractivity contribution is 0.303. The first-order valence-electron chi connectivity index (χ1n) is 5.04. The van der Waals surface area contributed by atoms with Crippen molar-refractivity contribution in [3.8, 4) is 5.75 Å². The van der Waals surface area contributed by atoms with Gasteiger partial charge in [0.25, 0.3) is 0 Å². The molecule has 0 radical (unpaired) electrons. The SMILES string of the molecule is Cc1cc(Cl)ncc1OCc1ccccc1. The summed E-state index contributed by atoms with van der Waals surface area (Å²) in [5, 5.41) is 0.490. The van der Waals surface area contributed by atoms with Gasteiger partial charge in [0.1, 0.15) is 17.5 Å². The Labute approximate surface area is 99.9 Å². The third-order valence-electron chi connectivity index (χ3n) is 2.27. The van der Waals surface area contributed by atoms with Gasteiger partial charge in [-0.2, -0.15) is 0 Å². The highest BCUT2D eigenvalue weighted by molar-refractivity contribution is 6.29. The fraction of sp³-hybridized carbons (Fsp3) is 0.154. The van der Waals surface area contributed by atoms with Crippen molar-refractivity contribution in [2.24, 2.45) is 0 Å². The molecule has 0 unspecified atom stereocenters. The van der Waals surface area contributed by atoms with Crippen molar-refractivity contribution in [3.63, 3.8) is 0 Å². The standard InChI is InChI=1S/C13H12ClNO/c1-10-7-13(14)15-8-12(10)16-9-11-5-3-2-4-6-11/h2-8H,9H2,1H3. The summed E-state index contributed by atoms with van der Waals surface area (Å²) < 4.78 is 5.66. The van der Waals surface area contributed by atoms with Gasteiger partial charge in [0.05, 0.1) is 6.20 Å². The van der Waals surface area contributed by atoms with Crippen LogP contribution in [0.4, 0.5) is 0 Å². The predicted molar refractivity (Wildman–Crippen MR) is 64.8 cm³/mol. The zero-order valence-corrected chi connectivity index (χ0v) is 9.74. The smallest absolute Gasteiger partial charge is 0.141 e. The van der Waals surface area contributed by atoms with E-state index in [9.17, 15) is 0 Å². The lowest BCUT2D eigenvalue weighted by atomic mass is 10.2. The molecule has 0 amide bonds. The molecule has 82 valence electrons. The first-order chi connectivity index (χ1) is 7.75. The van der Waals surface area contributed by atoms with Crippen LogP contribution >= 0.6 is 11.6 Å². The van der Waals surface area contributed by atoms with Crippen molar-refractivity contribution in [3.05, 3.63) is 58.9 Å². The molecule has 0 saturated heterocycles. The molecule has 0 aliphatic rings. The number of aromatic nitrogens is 1. The largest absolute Gasteiger partial charge is 0.487 e. The lowest BCUT2D eigenvalue weighted by Crippen LogP contribution is -1.97. The molecule has 0 aliphatic carbocycles. The maximum Gasteiger partial charge on any atom is 0.141 e. The predicted octanol–water partition coefficient (Wildman–Crippen LogP) is 3.62. The second-order valence-corrected chi connectivity index (χ2v) is 3.93. The normalized spacial score (nSPS) is 10.1. The Hall–Kier alpha value is -1.54. The molecule has 2 nitrogen and oxygen atoms in total. The minimum atomic E-state index is 0.490. The Morgan fingerprint density at radius 2 is 2.00 bits per heavy atom. The number of ether oxygens (including phenoxy) is 1. The third kappa shape index (κ3) is 2.74. The van der Waals surface area contributed by atoms with E-state index in [1.807, 2.05) is 37.3 Å². The van der Waals surface area contributed by atoms with Crippen LogP contribution in [0, 0.1) is 6.92 Å². The van der Waals surface area contributed by atoms with Gasteiger partial charge in [-0.1, -0.05) is 41.9 Å². The Balaban J connectivity index is 2.05. The van der Waals surface area contributed by atoms with Gasteiger partial charge in [-0.25, -0.2) is 4.98 Å². The molecule has 0 aliphatic heterocycles. The van der Waals surface area contributed by atoms with Crippen molar-refractivity contribution < 1.29 is 4.74 Å². The highest BCUT2D eigenvalue weighted by atomic mass is 35.5. The third-order valence-corrected chi connectivity index (χ3v) is 2.47. The van der Waals surface area contributed by atoms with Crippen molar-refractivity contribution in [1.29, 1.82) is 0 Å². The van der Waals surface area contributed by atoms with Crippen molar-refractivity contribution >= 4 is 11.6 Å². The number of hydrogen-bond acceptors (Lipinski definition) is 2. The van der Waals surface area contributed by atoms with Gasteiger partial charge in [-0.3, -0.25) is 0 Å². The van der Waals surface area contributed by atoms with Crippen molar-refractivity contribution in [2.75, 3.05) is 0 Å². The molecular formula is C13H12ClNO. The van der Waals surface area contributed by atoms with Gasteiger partial charge >= 0.3 is 0 Å². The summed E-state index contributed by atoms with van der Waals surface area (Å²) in [7, 11) is 0. The molecule has 2 aromatic rings. The zero-order chi connectivity index (χ0) is 11.4. The van der Waals surface area contributed by atoms with Crippen LogP contribution in [0.15, 0.2) is 42.6 Å². The number of benzene rings is 1. The summed E-state index contributed by atoms with van der Waals surface area (Å²) in [6.45, 7) is 2.50. The number of aryl methyl sites for hydroxylation is 1. The van der Waals surface area contributed by atoms with Crippen LogP contribution in [0.25, 0.3) is 0 Å². The topological polar surface area (TPSA) is 22.1 Å². The number of nitrogens with zero attached hydrogens (tertiary/aromatic N) is 1. The van der Waals surface area contributed by atoms with Crippen LogP contribution in [-0.4, -0.2) is 4.98 Å². The second kappa shape index (κ2) is 4.99. The maximum atomic E-state index is 5.77. The van der Waals surface area contributed by atoms with E-state index in [2.05, 4.69) is 4.98 Å². The summed E-state index contributed by atoms with van der Waals surface area (Å²) in [6, 6.07) is 11.8. The molecule has 0 N–H and O–H groups in total. The van der Waals surface area contributed by atoms with Crippen molar-refractivity contribution in [1.82, 2.24) is 4.98 Å². The van der Waals surface area contributed by atoms with Crippen molar-refractivity contribution in [2.45, 2.75) is 13.5 Å². The van der Waals surface area contributed by atoms with Gasteiger partial charge in [-0.15, -0.1) is 0 Å². The molecule has 0 spiro atoms. The fourth-order valence-corrected chi connectivity index (χ4v) is 1.61. The Morgan fingerprint density at radius 3 is 2.69 bits per heavy atom. The number of halogens is 1. The first-order valence-corrected chi connectivity index (χ1v) is 5.42. The minimum absolute atomic E-state index is 0.490. The number of pyridine rings is 1. The van der Waals surface area contributed by atoms with E-state index in [0.29, 0.717) is 11.8 Å². The second-order valence-electron chi connectivity index (χ2n) is 3.55. The van der Waals surface area contributed by atoms with E-state index in [-0.39, 0.29) is 0 Å². The zero-order valence-electron chi connectivity index (χ0n) is 8.98. The number of hydrogen-bond donors (Lipinski definition) is 0. The fourth-order valence-electron chi connectivity index (χ4n) is 1.40. The Bertz CT molecular complexity index is 471. The Kier molecular flexibility index (Phi) is 3.42. The summed E-state index contributed by atoms with van der Waals surface area (Å²) in [4.78, 5) is 3.99. The molecular weight excluding hydrogens is 222 g/mol. The first kappa shape index (κ1) is 11.0. The minimum Gasteiger partial charge on any atom is -0.487 e. The van der Waals surface area contributed by atoms with Crippen LogP contribution in [-0.2, 0) is 6.61 Å². The molecule has 1 aromatic heterocycles. The monoisotopic (exact) mass is 233 g/mol. The van der Waals surface area contributed by atoms with Crippen LogP contribution in [0.3, 0.4) is 0 Å². The Morgan fingerprint density at radius 1 is 1.25 bits per heavy atom. The molecule has 0 bridgehead atoms. The summed E-state index contributed by atoms with van der Waals surface area (Å²) >= 11 is 5.77. The van der Waals surface area contributed by atoms with E-state index < -0.39 is 0 Å². The van der Waals surface area contributed by atoms with Gasteiger partial charge in [-0.05, 0) is 24.1 Å². The molecule has 0 fully saturated rings. The molecule has 16 heavy (non-hydrogen) atoms. The number of rotatable bonds is 3. The van der Waals surface area contributed by atoms with Crippen LogP contribution in [0.1, 0.15) is 11.1 Å². The van der Waals surface area contributed by atoms with E-state index >= 15 is 0 Å². The maximum absolute atomic E-state index is 5.77. The molecule has 1 heterocycles. The van der Waals surface area contributed by atoms with Gasteiger partial charge < -0.3 is 4.74 Å². The molecule has 1 aromatic carbocycles. The molecule has 0 atom stereocenters. The summed E-state index contributed by atoms with van der Waals surface area (Å²) in [6.07, 6.45) is 1.65.